The number of oxazole rings is 1. The number of aromatic nitrogens is 3. The average Bonchev–Trinajstić information content (AvgIpc) is 3.12. The van der Waals surface area contributed by atoms with Gasteiger partial charge in [0.1, 0.15) is 12.0 Å². The molecule has 128 valence electrons. The molecule has 0 saturated carbocycles. The topological polar surface area (TPSA) is 80.9 Å². The number of nitrogens with zero attached hydrogens (tertiary/aromatic N) is 3. The number of hydrogen-bond donors (Lipinski definition) is 1. The van der Waals surface area contributed by atoms with E-state index in [1.165, 1.54) is 6.20 Å². The molecule has 0 saturated heterocycles. The van der Waals surface area contributed by atoms with Crippen LogP contribution in [0.25, 0.3) is 11.5 Å². The van der Waals surface area contributed by atoms with Crippen LogP contribution in [0.2, 0.25) is 0 Å². The minimum absolute atomic E-state index is 0.257. The van der Waals surface area contributed by atoms with E-state index in [0.29, 0.717) is 18.1 Å². The number of benzene rings is 1. The van der Waals surface area contributed by atoms with Crippen LogP contribution < -0.4 is 5.32 Å². The van der Waals surface area contributed by atoms with Crippen LogP contribution in [0.1, 0.15) is 35.7 Å². The first-order valence-electron chi connectivity index (χ1n) is 8.04. The van der Waals surface area contributed by atoms with Gasteiger partial charge in [-0.25, -0.2) is 9.97 Å². The molecule has 1 N–H and O–H groups in total. The molecule has 25 heavy (non-hydrogen) atoms. The molecule has 1 aromatic carbocycles. The normalized spacial score (nSPS) is 11.3. The van der Waals surface area contributed by atoms with Crippen molar-refractivity contribution in [1.29, 1.82) is 0 Å². The minimum atomic E-state index is -0.385. The van der Waals surface area contributed by atoms with Crippen molar-refractivity contribution in [2.45, 2.75) is 26.2 Å². The molecule has 0 atom stereocenters. The van der Waals surface area contributed by atoms with Gasteiger partial charge in [-0.05, 0) is 19.1 Å². The van der Waals surface area contributed by atoms with Gasteiger partial charge in [-0.3, -0.25) is 9.78 Å². The lowest BCUT2D eigenvalue weighted by Crippen LogP contribution is -2.37. The Morgan fingerprint density at radius 3 is 2.60 bits per heavy atom. The summed E-state index contributed by atoms with van der Waals surface area (Å²) < 4.78 is 5.60. The predicted molar refractivity (Wildman–Crippen MR) is 94.1 cm³/mol. The Morgan fingerprint density at radius 1 is 1.16 bits per heavy atom. The van der Waals surface area contributed by atoms with Gasteiger partial charge in [0.2, 0.25) is 5.89 Å². The summed E-state index contributed by atoms with van der Waals surface area (Å²) in [6, 6.07) is 9.71. The van der Waals surface area contributed by atoms with Gasteiger partial charge in [0.25, 0.3) is 5.91 Å². The third-order valence-electron chi connectivity index (χ3n) is 3.92. The number of carbonyl (C=O) groups excluding carboxylic acids is 1. The van der Waals surface area contributed by atoms with E-state index in [4.69, 9.17) is 4.42 Å². The molecule has 0 aliphatic rings. The smallest absolute Gasteiger partial charge is 0.271 e. The average molecular weight is 336 g/mol. The Hall–Kier alpha value is -3.02. The summed E-state index contributed by atoms with van der Waals surface area (Å²) in [5, 5.41) is 2.88. The van der Waals surface area contributed by atoms with Crippen molar-refractivity contribution in [1.82, 2.24) is 20.3 Å². The lowest BCUT2D eigenvalue weighted by molar-refractivity contribution is 0.0940. The zero-order valence-corrected chi connectivity index (χ0v) is 14.5. The first-order valence-corrected chi connectivity index (χ1v) is 8.04. The largest absolute Gasteiger partial charge is 0.444 e. The molecule has 0 radical (unpaired) electrons. The van der Waals surface area contributed by atoms with Crippen molar-refractivity contribution >= 4 is 5.91 Å². The second kappa shape index (κ2) is 6.84. The van der Waals surface area contributed by atoms with Crippen LogP contribution in [-0.2, 0) is 5.41 Å². The van der Waals surface area contributed by atoms with Crippen molar-refractivity contribution in [3.63, 3.8) is 0 Å². The van der Waals surface area contributed by atoms with Crippen molar-refractivity contribution in [3.05, 3.63) is 66.1 Å². The maximum absolute atomic E-state index is 12.2. The summed E-state index contributed by atoms with van der Waals surface area (Å²) >= 11 is 0. The molecular formula is C19H20N4O2. The molecule has 3 rings (SSSR count). The van der Waals surface area contributed by atoms with Crippen molar-refractivity contribution in [2.75, 3.05) is 6.54 Å². The summed E-state index contributed by atoms with van der Waals surface area (Å²) in [6.07, 6.45) is 4.69. The van der Waals surface area contributed by atoms with Crippen LogP contribution in [0.4, 0.5) is 0 Å². The van der Waals surface area contributed by atoms with Gasteiger partial charge in [0, 0.05) is 23.7 Å². The van der Waals surface area contributed by atoms with Crippen LogP contribution >= 0.6 is 0 Å². The third kappa shape index (κ3) is 3.91. The fraction of sp³-hybridized carbons (Fsp3) is 0.263. The molecular weight excluding hydrogens is 316 g/mol. The molecule has 0 unspecified atom stereocenters. The molecule has 0 bridgehead atoms. The summed E-state index contributed by atoms with van der Waals surface area (Å²) in [4.78, 5) is 24.9. The highest BCUT2D eigenvalue weighted by Crippen LogP contribution is 2.26. The number of nitrogens with one attached hydrogen (secondary N) is 1. The van der Waals surface area contributed by atoms with Crippen molar-refractivity contribution < 1.29 is 9.21 Å². The zero-order chi connectivity index (χ0) is 17.9. The van der Waals surface area contributed by atoms with E-state index in [9.17, 15) is 4.79 Å². The molecule has 6 nitrogen and oxygen atoms in total. The van der Waals surface area contributed by atoms with E-state index in [2.05, 4.69) is 20.3 Å². The van der Waals surface area contributed by atoms with Crippen LogP contribution in [0.5, 0.6) is 0 Å². The van der Waals surface area contributed by atoms with Crippen LogP contribution in [0, 0.1) is 6.92 Å². The molecule has 3 aromatic rings. The van der Waals surface area contributed by atoms with Crippen LogP contribution in [-0.4, -0.2) is 27.4 Å². The number of carbonyl (C=O) groups is 1. The molecule has 0 spiro atoms. The van der Waals surface area contributed by atoms with E-state index in [1.54, 1.807) is 12.5 Å². The molecule has 2 aromatic heterocycles. The maximum atomic E-state index is 12.2. The van der Waals surface area contributed by atoms with Gasteiger partial charge in [0.05, 0.1) is 17.6 Å². The Balaban J connectivity index is 1.68. The highest BCUT2D eigenvalue weighted by Gasteiger charge is 2.26. The first kappa shape index (κ1) is 16.8. The minimum Gasteiger partial charge on any atom is -0.444 e. The summed E-state index contributed by atoms with van der Waals surface area (Å²) in [5.41, 5.74) is 2.38. The van der Waals surface area contributed by atoms with Gasteiger partial charge in [-0.2, -0.15) is 0 Å². The monoisotopic (exact) mass is 336 g/mol. The van der Waals surface area contributed by atoms with Gasteiger partial charge in [0.15, 0.2) is 0 Å². The number of aryl methyl sites for hydroxylation is 1. The second-order valence-electron chi connectivity index (χ2n) is 6.51. The van der Waals surface area contributed by atoms with E-state index >= 15 is 0 Å². The van der Waals surface area contributed by atoms with Gasteiger partial charge >= 0.3 is 0 Å². The molecule has 6 heteroatoms. The van der Waals surface area contributed by atoms with Crippen LogP contribution in [0.3, 0.4) is 0 Å². The van der Waals surface area contributed by atoms with Crippen LogP contribution in [0.15, 0.2) is 53.4 Å². The van der Waals surface area contributed by atoms with E-state index in [-0.39, 0.29) is 11.3 Å². The summed E-state index contributed by atoms with van der Waals surface area (Å²) in [7, 11) is 0. The number of hydrogen-bond acceptors (Lipinski definition) is 5. The highest BCUT2D eigenvalue weighted by molar-refractivity contribution is 5.91. The lowest BCUT2D eigenvalue weighted by Gasteiger charge is -2.22. The fourth-order valence-corrected chi connectivity index (χ4v) is 2.29. The highest BCUT2D eigenvalue weighted by atomic mass is 16.3. The van der Waals surface area contributed by atoms with Gasteiger partial charge in [-0.1, -0.05) is 32.0 Å². The Bertz CT molecular complexity index is 855. The van der Waals surface area contributed by atoms with Crippen molar-refractivity contribution in [2.24, 2.45) is 0 Å². The standard InChI is InChI=1S/C19H20N4O2/c1-13-9-21-15(10-20-13)17(24)22-12-19(2,3)16-11-25-18(23-16)14-7-5-4-6-8-14/h4-11H,12H2,1-3H3,(H,22,24). The summed E-state index contributed by atoms with van der Waals surface area (Å²) in [6.45, 7) is 6.23. The molecule has 0 aliphatic heterocycles. The Labute approximate surface area is 146 Å². The predicted octanol–water partition coefficient (Wildman–Crippen LogP) is 3.15. The molecule has 2 heterocycles. The second-order valence-corrected chi connectivity index (χ2v) is 6.51. The van der Waals surface area contributed by atoms with Gasteiger partial charge in [-0.15, -0.1) is 0 Å². The van der Waals surface area contributed by atoms with E-state index < -0.39 is 0 Å². The zero-order valence-electron chi connectivity index (χ0n) is 14.5. The summed E-state index contributed by atoms with van der Waals surface area (Å²) in [5.74, 6) is 0.312. The number of rotatable bonds is 5. The molecule has 0 aliphatic carbocycles. The molecule has 1 amide bonds. The SMILES string of the molecule is Cc1cnc(C(=O)NCC(C)(C)c2coc(-c3ccccc3)n2)cn1. The fourth-order valence-electron chi connectivity index (χ4n) is 2.29. The van der Waals surface area contributed by atoms with E-state index in [0.717, 1.165) is 17.0 Å². The maximum Gasteiger partial charge on any atom is 0.271 e. The molecule has 0 fully saturated rings. The lowest BCUT2D eigenvalue weighted by atomic mass is 9.90. The first-order chi connectivity index (χ1) is 12.0. The Kier molecular flexibility index (Phi) is 4.61. The van der Waals surface area contributed by atoms with E-state index in [1.807, 2.05) is 51.1 Å². The third-order valence-corrected chi connectivity index (χ3v) is 3.92. The van der Waals surface area contributed by atoms with Gasteiger partial charge < -0.3 is 9.73 Å². The Morgan fingerprint density at radius 2 is 1.92 bits per heavy atom. The number of amides is 1. The quantitative estimate of drug-likeness (QED) is 0.774. The van der Waals surface area contributed by atoms with Crippen molar-refractivity contribution in [3.8, 4) is 11.5 Å².